The van der Waals surface area contributed by atoms with E-state index in [1.54, 1.807) is 0 Å². The Labute approximate surface area is 129 Å². The third kappa shape index (κ3) is 4.58. The molecule has 118 valence electrons. The lowest BCUT2D eigenvalue weighted by atomic mass is 10.00. The first-order valence-electron chi connectivity index (χ1n) is 8.60. The minimum absolute atomic E-state index is 0.640. The van der Waals surface area contributed by atoms with Crippen LogP contribution in [0.1, 0.15) is 64.6 Å². The molecule has 0 aromatic carbocycles. The third-order valence-electron chi connectivity index (χ3n) is 4.30. The predicted octanol–water partition coefficient (Wildman–Crippen LogP) is 4.16. The predicted molar refractivity (Wildman–Crippen MR) is 90.1 cm³/mol. The largest absolute Gasteiger partial charge is 0.370 e. The quantitative estimate of drug-likeness (QED) is 0.766. The second kappa shape index (κ2) is 8.20. The molecular formula is C17H30N4. The molecule has 1 atom stereocenters. The van der Waals surface area contributed by atoms with Gasteiger partial charge in [-0.3, -0.25) is 0 Å². The van der Waals surface area contributed by atoms with Crippen molar-refractivity contribution in [2.45, 2.75) is 71.8 Å². The van der Waals surface area contributed by atoms with Gasteiger partial charge in [-0.25, -0.2) is 9.97 Å². The highest BCUT2D eigenvalue weighted by molar-refractivity contribution is 5.50. The second-order valence-electron chi connectivity index (χ2n) is 6.04. The van der Waals surface area contributed by atoms with Gasteiger partial charge in [0.1, 0.15) is 17.5 Å². The first-order valence-corrected chi connectivity index (χ1v) is 8.60. The fourth-order valence-corrected chi connectivity index (χ4v) is 3.11. The minimum atomic E-state index is 0.640. The number of piperidine rings is 1. The lowest BCUT2D eigenvalue weighted by Crippen LogP contribution is -2.39. The van der Waals surface area contributed by atoms with Gasteiger partial charge in [-0.2, -0.15) is 0 Å². The molecule has 4 heteroatoms. The van der Waals surface area contributed by atoms with E-state index < -0.39 is 0 Å². The first kappa shape index (κ1) is 16.1. The molecule has 1 aromatic rings. The maximum absolute atomic E-state index is 4.67. The molecule has 21 heavy (non-hydrogen) atoms. The van der Waals surface area contributed by atoms with Crippen molar-refractivity contribution < 1.29 is 0 Å². The van der Waals surface area contributed by atoms with Crippen LogP contribution in [0.25, 0.3) is 0 Å². The summed E-state index contributed by atoms with van der Waals surface area (Å²) in [6, 6.07) is 2.77. The van der Waals surface area contributed by atoms with Crippen LogP contribution in [0, 0.1) is 6.92 Å². The molecule has 1 aromatic heterocycles. The molecule has 1 N–H and O–H groups in total. The van der Waals surface area contributed by atoms with Crippen molar-refractivity contribution in [2.24, 2.45) is 0 Å². The van der Waals surface area contributed by atoms with Crippen LogP contribution in [0.2, 0.25) is 0 Å². The van der Waals surface area contributed by atoms with E-state index in [2.05, 4.69) is 40.1 Å². The highest BCUT2D eigenvalue weighted by Gasteiger charge is 2.22. The van der Waals surface area contributed by atoms with Gasteiger partial charge in [0.2, 0.25) is 0 Å². The number of aromatic nitrogens is 2. The molecule has 0 bridgehead atoms. The van der Waals surface area contributed by atoms with Crippen LogP contribution in [-0.2, 0) is 0 Å². The van der Waals surface area contributed by atoms with Gasteiger partial charge in [-0.1, -0.05) is 26.7 Å². The zero-order chi connectivity index (χ0) is 15.1. The molecule has 0 aliphatic carbocycles. The van der Waals surface area contributed by atoms with Crippen LogP contribution in [0.15, 0.2) is 6.07 Å². The van der Waals surface area contributed by atoms with Crippen LogP contribution >= 0.6 is 0 Å². The summed E-state index contributed by atoms with van der Waals surface area (Å²) in [6.45, 7) is 8.63. The first-order chi connectivity index (χ1) is 10.2. The fourth-order valence-electron chi connectivity index (χ4n) is 3.11. The summed E-state index contributed by atoms with van der Waals surface area (Å²) in [7, 11) is 0. The number of hydrogen-bond donors (Lipinski definition) is 1. The molecule has 0 saturated carbocycles. The molecule has 1 aliphatic rings. The number of aryl methyl sites for hydroxylation is 1. The minimum Gasteiger partial charge on any atom is -0.370 e. The number of anilines is 2. The van der Waals surface area contributed by atoms with E-state index in [4.69, 9.17) is 0 Å². The zero-order valence-corrected chi connectivity index (χ0v) is 13.9. The molecule has 1 saturated heterocycles. The molecule has 1 unspecified atom stereocenters. The Bertz CT molecular complexity index is 433. The summed E-state index contributed by atoms with van der Waals surface area (Å²) in [5.74, 6) is 2.95. The highest BCUT2D eigenvalue weighted by Crippen LogP contribution is 2.26. The number of nitrogens with one attached hydrogen (secondary N) is 1. The lowest BCUT2D eigenvalue weighted by molar-refractivity contribution is 0.446. The Morgan fingerprint density at radius 1 is 1.24 bits per heavy atom. The second-order valence-corrected chi connectivity index (χ2v) is 6.04. The highest BCUT2D eigenvalue weighted by atomic mass is 15.2. The van der Waals surface area contributed by atoms with E-state index in [1.165, 1.54) is 44.9 Å². The van der Waals surface area contributed by atoms with Crippen molar-refractivity contribution in [3.63, 3.8) is 0 Å². The van der Waals surface area contributed by atoms with E-state index in [-0.39, 0.29) is 0 Å². The topological polar surface area (TPSA) is 41.0 Å². The number of rotatable bonds is 7. The molecule has 4 nitrogen and oxygen atoms in total. The summed E-state index contributed by atoms with van der Waals surface area (Å²) in [6.07, 6.45) is 8.84. The van der Waals surface area contributed by atoms with Gasteiger partial charge in [0.05, 0.1) is 0 Å². The van der Waals surface area contributed by atoms with Gasteiger partial charge < -0.3 is 10.2 Å². The Balaban J connectivity index is 2.06. The SMILES string of the molecule is CCCCCNc1cc(N2CCCCC2CC)nc(C)n1. The van der Waals surface area contributed by atoms with E-state index in [0.29, 0.717) is 6.04 Å². The Morgan fingerprint density at radius 3 is 2.86 bits per heavy atom. The van der Waals surface area contributed by atoms with Crippen molar-refractivity contribution in [1.29, 1.82) is 0 Å². The third-order valence-corrected chi connectivity index (χ3v) is 4.30. The van der Waals surface area contributed by atoms with Crippen LogP contribution in [0.5, 0.6) is 0 Å². The lowest BCUT2D eigenvalue weighted by Gasteiger charge is -2.36. The van der Waals surface area contributed by atoms with Crippen molar-refractivity contribution in [1.82, 2.24) is 9.97 Å². The molecule has 2 heterocycles. The van der Waals surface area contributed by atoms with Gasteiger partial charge in [-0.15, -0.1) is 0 Å². The average molecular weight is 290 g/mol. The Hall–Kier alpha value is -1.32. The molecule has 0 radical (unpaired) electrons. The monoisotopic (exact) mass is 290 g/mol. The van der Waals surface area contributed by atoms with Gasteiger partial charge in [0, 0.05) is 25.2 Å². The van der Waals surface area contributed by atoms with Gasteiger partial charge in [0.15, 0.2) is 0 Å². The summed E-state index contributed by atoms with van der Waals surface area (Å²) in [4.78, 5) is 11.7. The van der Waals surface area contributed by atoms with E-state index >= 15 is 0 Å². The van der Waals surface area contributed by atoms with Crippen LogP contribution in [0.4, 0.5) is 11.6 Å². The summed E-state index contributed by atoms with van der Waals surface area (Å²) < 4.78 is 0. The number of hydrogen-bond acceptors (Lipinski definition) is 4. The maximum atomic E-state index is 4.67. The summed E-state index contributed by atoms with van der Waals surface area (Å²) in [5, 5.41) is 3.45. The van der Waals surface area contributed by atoms with Crippen molar-refractivity contribution in [2.75, 3.05) is 23.3 Å². The van der Waals surface area contributed by atoms with E-state index in [9.17, 15) is 0 Å². The average Bonchev–Trinajstić information content (AvgIpc) is 2.51. The van der Waals surface area contributed by atoms with Crippen molar-refractivity contribution in [3.8, 4) is 0 Å². The number of unbranched alkanes of at least 4 members (excludes halogenated alkanes) is 2. The molecular weight excluding hydrogens is 260 g/mol. The van der Waals surface area contributed by atoms with Gasteiger partial charge >= 0.3 is 0 Å². The standard InChI is InChI=1S/C17H30N4/c1-4-6-8-11-18-16-13-17(20-14(3)19-16)21-12-9-7-10-15(21)5-2/h13,15H,4-12H2,1-3H3,(H,18,19,20). The van der Waals surface area contributed by atoms with E-state index in [1.807, 2.05) is 6.92 Å². The van der Waals surface area contributed by atoms with Crippen LogP contribution < -0.4 is 10.2 Å². The molecule has 1 fully saturated rings. The summed E-state index contributed by atoms with van der Waals surface area (Å²) in [5.41, 5.74) is 0. The smallest absolute Gasteiger partial charge is 0.134 e. The normalized spacial score (nSPS) is 18.8. The van der Waals surface area contributed by atoms with Crippen molar-refractivity contribution in [3.05, 3.63) is 11.9 Å². The van der Waals surface area contributed by atoms with Gasteiger partial charge in [0.25, 0.3) is 0 Å². The summed E-state index contributed by atoms with van der Waals surface area (Å²) >= 11 is 0. The number of nitrogens with zero attached hydrogens (tertiary/aromatic N) is 3. The molecule has 1 aliphatic heterocycles. The molecule has 2 rings (SSSR count). The Morgan fingerprint density at radius 2 is 2.10 bits per heavy atom. The zero-order valence-electron chi connectivity index (χ0n) is 13.9. The van der Waals surface area contributed by atoms with Crippen LogP contribution in [0.3, 0.4) is 0 Å². The van der Waals surface area contributed by atoms with E-state index in [0.717, 1.165) is 30.5 Å². The van der Waals surface area contributed by atoms with Gasteiger partial charge in [-0.05, 0) is 39.0 Å². The maximum Gasteiger partial charge on any atom is 0.134 e. The fraction of sp³-hybridized carbons (Fsp3) is 0.765. The van der Waals surface area contributed by atoms with Crippen molar-refractivity contribution >= 4 is 11.6 Å². The van der Waals surface area contributed by atoms with Crippen LogP contribution in [-0.4, -0.2) is 29.1 Å². The molecule has 0 spiro atoms. The molecule has 0 amide bonds. The Kier molecular flexibility index (Phi) is 6.27.